The number of alkyl carbamates (subject to hydrolysis) is 1. The predicted molar refractivity (Wildman–Crippen MR) is 103 cm³/mol. The fourth-order valence-corrected chi connectivity index (χ4v) is 3.03. The van der Waals surface area contributed by atoms with Crippen molar-refractivity contribution in [2.75, 3.05) is 12.4 Å². The van der Waals surface area contributed by atoms with Gasteiger partial charge >= 0.3 is 12.1 Å². The molecule has 0 atom stereocenters. The molecule has 0 aliphatic heterocycles. The first-order valence-electron chi connectivity index (χ1n) is 8.98. The van der Waals surface area contributed by atoms with E-state index in [9.17, 15) is 9.59 Å². The number of hydrogen-bond acceptors (Lipinski definition) is 5. The third-order valence-electron chi connectivity index (χ3n) is 4.69. The lowest BCUT2D eigenvalue weighted by atomic mass is 9.86. The number of ether oxygens (including phenoxy) is 2. The summed E-state index contributed by atoms with van der Waals surface area (Å²) in [4.78, 5) is 23.6. The number of nitrogens with one attached hydrogen (secondary N) is 2. The van der Waals surface area contributed by atoms with Crippen LogP contribution in [-0.4, -0.2) is 31.3 Å². The molecular weight excluding hydrogens is 344 g/mol. The van der Waals surface area contributed by atoms with Crippen LogP contribution in [0, 0.1) is 6.92 Å². The van der Waals surface area contributed by atoms with Crippen molar-refractivity contribution in [1.29, 1.82) is 0 Å². The summed E-state index contributed by atoms with van der Waals surface area (Å²) in [6, 6.07) is 15.4. The third-order valence-corrected chi connectivity index (χ3v) is 4.69. The summed E-state index contributed by atoms with van der Waals surface area (Å²) in [5, 5.41) is 6.31. The van der Waals surface area contributed by atoms with Gasteiger partial charge in [-0.3, -0.25) is 0 Å². The lowest BCUT2D eigenvalue weighted by Crippen LogP contribution is -2.49. The Labute approximate surface area is 158 Å². The van der Waals surface area contributed by atoms with Gasteiger partial charge in [0.2, 0.25) is 0 Å². The molecule has 2 aromatic rings. The maximum absolute atomic E-state index is 11.9. The van der Waals surface area contributed by atoms with Gasteiger partial charge in [-0.25, -0.2) is 9.59 Å². The first-order valence-corrected chi connectivity index (χ1v) is 8.98. The first-order chi connectivity index (χ1) is 13.0. The number of esters is 1. The average molecular weight is 368 g/mol. The molecule has 142 valence electrons. The number of hydrogen-bond donors (Lipinski definition) is 2. The van der Waals surface area contributed by atoms with E-state index in [-0.39, 0.29) is 24.7 Å². The minimum atomic E-state index is -0.397. The number of carbonyl (C=O) groups is 2. The van der Waals surface area contributed by atoms with Gasteiger partial charge in [0.25, 0.3) is 0 Å². The Hall–Kier alpha value is -3.02. The highest BCUT2D eigenvalue weighted by Crippen LogP contribution is 2.27. The van der Waals surface area contributed by atoms with Gasteiger partial charge in [0.15, 0.2) is 0 Å². The molecule has 1 fully saturated rings. The van der Waals surface area contributed by atoms with E-state index in [1.807, 2.05) is 43.3 Å². The van der Waals surface area contributed by atoms with Crippen molar-refractivity contribution in [1.82, 2.24) is 5.32 Å². The quantitative estimate of drug-likeness (QED) is 0.761. The zero-order valence-electron chi connectivity index (χ0n) is 15.5. The second-order valence-corrected chi connectivity index (χ2v) is 6.74. The van der Waals surface area contributed by atoms with E-state index >= 15 is 0 Å². The number of methoxy groups -OCH3 is 1. The topological polar surface area (TPSA) is 76.7 Å². The van der Waals surface area contributed by atoms with Crippen molar-refractivity contribution >= 4 is 17.7 Å². The molecule has 0 spiro atoms. The second kappa shape index (κ2) is 8.58. The van der Waals surface area contributed by atoms with Gasteiger partial charge in [-0.2, -0.15) is 0 Å². The van der Waals surface area contributed by atoms with Crippen LogP contribution in [0.1, 0.15) is 34.3 Å². The second-order valence-electron chi connectivity index (χ2n) is 6.74. The van der Waals surface area contributed by atoms with Crippen LogP contribution in [0.25, 0.3) is 0 Å². The van der Waals surface area contributed by atoms with E-state index in [4.69, 9.17) is 9.47 Å². The Kier molecular flexibility index (Phi) is 5.96. The van der Waals surface area contributed by atoms with Crippen LogP contribution in [-0.2, 0) is 16.1 Å². The van der Waals surface area contributed by atoms with Crippen molar-refractivity contribution in [3.63, 3.8) is 0 Å². The van der Waals surface area contributed by atoms with Crippen LogP contribution >= 0.6 is 0 Å². The van der Waals surface area contributed by atoms with Crippen molar-refractivity contribution in [2.45, 2.75) is 38.5 Å². The van der Waals surface area contributed by atoms with Crippen molar-refractivity contribution in [2.24, 2.45) is 0 Å². The molecule has 1 aliphatic rings. The van der Waals surface area contributed by atoms with Gasteiger partial charge in [0, 0.05) is 17.8 Å². The molecule has 6 heteroatoms. The van der Waals surface area contributed by atoms with Gasteiger partial charge in [-0.1, -0.05) is 36.4 Å². The Morgan fingerprint density at radius 3 is 2.52 bits per heavy atom. The van der Waals surface area contributed by atoms with Crippen LogP contribution in [0.4, 0.5) is 10.5 Å². The van der Waals surface area contributed by atoms with Crippen molar-refractivity contribution in [3.8, 4) is 0 Å². The smallest absolute Gasteiger partial charge is 0.407 e. The number of benzene rings is 2. The van der Waals surface area contributed by atoms with E-state index in [0.717, 1.165) is 29.7 Å². The summed E-state index contributed by atoms with van der Waals surface area (Å²) in [5.41, 5.74) is 3.44. The van der Waals surface area contributed by atoms with Gasteiger partial charge in [-0.15, -0.1) is 0 Å². The van der Waals surface area contributed by atoms with Crippen molar-refractivity contribution in [3.05, 3.63) is 65.2 Å². The Morgan fingerprint density at radius 2 is 1.81 bits per heavy atom. The third kappa shape index (κ3) is 5.00. The summed E-state index contributed by atoms with van der Waals surface area (Å²) in [7, 11) is 1.37. The van der Waals surface area contributed by atoms with Crippen LogP contribution in [0.3, 0.4) is 0 Å². The molecule has 3 rings (SSSR count). The van der Waals surface area contributed by atoms with Crippen LogP contribution in [0.15, 0.2) is 48.5 Å². The molecule has 0 unspecified atom stereocenters. The maximum Gasteiger partial charge on any atom is 0.407 e. The van der Waals surface area contributed by atoms with Crippen molar-refractivity contribution < 1.29 is 19.1 Å². The average Bonchev–Trinajstić information content (AvgIpc) is 2.66. The summed E-state index contributed by atoms with van der Waals surface area (Å²) < 4.78 is 10.0. The molecule has 27 heavy (non-hydrogen) atoms. The Balaban J connectivity index is 1.43. The maximum atomic E-state index is 11.9. The van der Waals surface area contributed by atoms with Crippen LogP contribution < -0.4 is 10.6 Å². The molecule has 6 nitrogen and oxygen atoms in total. The Morgan fingerprint density at radius 1 is 1.07 bits per heavy atom. The summed E-state index contributed by atoms with van der Waals surface area (Å²) in [6.07, 6.45) is 1.22. The van der Waals surface area contributed by atoms with E-state index in [0.29, 0.717) is 5.56 Å². The molecular formula is C21H24N2O4. The molecule has 2 aromatic carbocycles. The van der Waals surface area contributed by atoms with E-state index < -0.39 is 6.09 Å². The van der Waals surface area contributed by atoms with Crippen LogP contribution in [0.5, 0.6) is 0 Å². The highest BCUT2D eigenvalue weighted by molar-refractivity contribution is 5.90. The van der Waals surface area contributed by atoms with Gasteiger partial charge < -0.3 is 20.1 Å². The monoisotopic (exact) mass is 368 g/mol. The van der Waals surface area contributed by atoms with E-state index in [1.54, 1.807) is 12.1 Å². The standard InChI is InChI=1S/C21H24N2O4/c1-14-8-9-16(20(24)26-2)10-19(14)22-17-11-18(12-17)23-21(25)27-13-15-6-4-3-5-7-15/h3-10,17-18,22H,11-13H2,1-2H3,(H,23,25). The van der Waals surface area contributed by atoms with Crippen LogP contribution in [0.2, 0.25) is 0 Å². The highest BCUT2D eigenvalue weighted by Gasteiger charge is 2.31. The van der Waals surface area contributed by atoms with E-state index in [2.05, 4.69) is 10.6 Å². The minimum absolute atomic E-state index is 0.0925. The number of amides is 1. The zero-order chi connectivity index (χ0) is 19.2. The number of aryl methyl sites for hydroxylation is 1. The van der Waals surface area contributed by atoms with Gasteiger partial charge in [0.1, 0.15) is 6.61 Å². The van der Waals surface area contributed by atoms with Gasteiger partial charge in [0.05, 0.1) is 12.7 Å². The molecule has 1 saturated carbocycles. The molecule has 0 saturated heterocycles. The summed E-state index contributed by atoms with van der Waals surface area (Å²) in [6.45, 7) is 2.25. The largest absolute Gasteiger partial charge is 0.465 e. The molecule has 1 aliphatic carbocycles. The summed E-state index contributed by atoms with van der Waals surface area (Å²) >= 11 is 0. The lowest BCUT2D eigenvalue weighted by molar-refractivity contribution is 0.0600. The number of rotatable bonds is 6. The number of carbonyl (C=O) groups excluding carboxylic acids is 2. The molecule has 0 bridgehead atoms. The molecule has 0 aromatic heterocycles. The van der Waals surface area contributed by atoms with E-state index in [1.165, 1.54) is 7.11 Å². The SMILES string of the molecule is COC(=O)c1ccc(C)c(NC2CC(NC(=O)OCc3ccccc3)C2)c1. The number of anilines is 1. The minimum Gasteiger partial charge on any atom is -0.465 e. The van der Waals surface area contributed by atoms with Gasteiger partial charge in [-0.05, 0) is 43.0 Å². The summed E-state index contributed by atoms with van der Waals surface area (Å²) in [5.74, 6) is -0.354. The molecule has 1 amide bonds. The fourth-order valence-electron chi connectivity index (χ4n) is 3.03. The Bertz CT molecular complexity index is 801. The molecule has 0 heterocycles. The first kappa shape index (κ1) is 18.8. The molecule has 2 N–H and O–H groups in total. The zero-order valence-corrected chi connectivity index (χ0v) is 15.5. The fraction of sp³-hybridized carbons (Fsp3) is 0.333. The lowest BCUT2D eigenvalue weighted by Gasteiger charge is -2.37. The highest BCUT2D eigenvalue weighted by atomic mass is 16.5. The predicted octanol–water partition coefficient (Wildman–Crippen LogP) is 3.65. The normalized spacial score (nSPS) is 18.1. The molecule has 0 radical (unpaired) electrons.